The van der Waals surface area contributed by atoms with Crippen molar-refractivity contribution in [1.29, 1.82) is 0 Å². The summed E-state index contributed by atoms with van der Waals surface area (Å²) in [6.45, 7) is 0.778. The van der Waals surface area contributed by atoms with Crippen molar-refractivity contribution in [3.8, 4) is 5.75 Å². The quantitative estimate of drug-likeness (QED) is 0.767. The lowest BCUT2D eigenvalue weighted by molar-refractivity contribution is -0.145. The number of benzene rings is 2. The maximum Gasteiger partial charge on any atom is 0.311 e. The molecule has 0 unspecified atom stereocenters. The van der Waals surface area contributed by atoms with Crippen molar-refractivity contribution < 1.29 is 19.1 Å². The molecule has 2 aromatic rings. The van der Waals surface area contributed by atoms with Crippen molar-refractivity contribution in [2.24, 2.45) is 5.92 Å². The number of methoxy groups -OCH3 is 1. The van der Waals surface area contributed by atoms with Crippen LogP contribution in [0.2, 0.25) is 5.02 Å². The normalized spacial score (nSPS) is 16.8. The fourth-order valence-corrected chi connectivity index (χ4v) is 2.88. The second kappa shape index (κ2) is 7.57. The number of amides is 1. The lowest BCUT2D eigenvalue weighted by atomic mass is 10.1. The Balaban J connectivity index is 1.61. The topological polar surface area (TPSA) is 55.8 Å². The number of carbonyl (C=O) groups is 2. The molecular weight excluding hydrogens is 342 g/mol. The van der Waals surface area contributed by atoms with Crippen LogP contribution in [-0.4, -0.2) is 25.5 Å². The molecule has 0 aromatic heterocycles. The van der Waals surface area contributed by atoms with Gasteiger partial charge in [-0.2, -0.15) is 0 Å². The zero-order valence-corrected chi connectivity index (χ0v) is 14.5. The fourth-order valence-electron chi connectivity index (χ4n) is 2.75. The van der Waals surface area contributed by atoms with Crippen LogP contribution >= 0.6 is 11.6 Å². The van der Waals surface area contributed by atoms with Gasteiger partial charge in [0.05, 0.1) is 13.0 Å². The summed E-state index contributed by atoms with van der Waals surface area (Å²) in [4.78, 5) is 25.3. The Bertz CT molecular complexity index is 758. The van der Waals surface area contributed by atoms with E-state index in [2.05, 4.69) is 0 Å². The van der Waals surface area contributed by atoms with Crippen molar-refractivity contribution in [1.82, 2.24) is 0 Å². The molecule has 0 N–H and O–H groups in total. The van der Waals surface area contributed by atoms with Crippen molar-refractivity contribution in [2.45, 2.75) is 13.0 Å². The van der Waals surface area contributed by atoms with E-state index >= 15 is 0 Å². The SMILES string of the molecule is COC(=O)[C@@H]1CC(=O)N(c2ccc(OCc3ccc(Cl)cc3)cc2)C1. The summed E-state index contributed by atoms with van der Waals surface area (Å²) in [5, 5.41) is 0.689. The highest BCUT2D eigenvalue weighted by Gasteiger charge is 2.35. The van der Waals surface area contributed by atoms with Crippen LogP contribution < -0.4 is 9.64 Å². The number of anilines is 1. The minimum Gasteiger partial charge on any atom is -0.489 e. The first-order chi connectivity index (χ1) is 12.1. The van der Waals surface area contributed by atoms with Crippen LogP contribution in [0.1, 0.15) is 12.0 Å². The number of esters is 1. The summed E-state index contributed by atoms with van der Waals surface area (Å²) in [5.41, 5.74) is 1.76. The van der Waals surface area contributed by atoms with Crippen LogP contribution in [0.15, 0.2) is 48.5 Å². The summed E-state index contributed by atoms with van der Waals surface area (Å²) in [7, 11) is 1.34. The van der Waals surface area contributed by atoms with E-state index in [1.807, 2.05) is 48.5 Å². The number of halogens is 1. The number of ether oxygens (including phenoxy) is 2. The van der Waals surface area contributed by atoms with Crippen molar-refractivity contribution in [3.05, 3.63) is 59.1 Å². The Hall–Kier alpha value is -2.53. The summed E-state index contributed by atoms with van der Waals surface area (Å²) in [5.74, 6) is -0.128. The van der Waals surface area contributed by atoms with Crippen LogP contribution in [-0.2, 0) is 20.9 Å². The molecular formula is C19H18ClNO4. The number of rotatable bonds is 5. The fraction of sp³-hybridized carbons (Fsp3) is 0.263. The predicted molar refractivity (Wildman–Crippen MR) is 94.7 cm³/mol. The number of nitrogens with zero attached hydrogens (tertiary/aromatic N) is 1. The molecule has 1 aliphatic heterocycles. The molecule has 130 valence electrons. The number of hydrogen-bond acceptors (Lipinski definition) is 4. The van der Waals surface area contributed by atoms with Crippen LogP contribution in [0.25, 0.3) is 0 Å². The molecule has 5 nitrogen and oxygen atoms in total. The Morgan fingerprint density at radius 1 is 1.16 bits per heavy atom. The molecule has 0 aliphatic carbocycles. The molecule has 1 atom stereocenters. The first-order valence-electron chi connectivity index (χ1n) is 7.92. The molecule has 0 saturated carbocycles. The lowest BCUT2D eigenvalue weighted by Crippen LogP contribution is -2.26. The van der Waals surface area contributed by atoms with Crippen molar-refractivity contribution in [2.75, 3.05) is 18.6 Å². The van der Waals surface area contributed by atoms with Gasteiger partial charge in [-0.05, 0) is 42.0 Å². The highest BCUT2D eigenvalue weighted by atomic mass is 35.5. The first kappa shape index (κ1) is 17.3. The molecule has 1 heterocycles. The van der Waals surface area contributed by atoms with Gasteiger partial charge in [0.15, 0.2) is 0 Å². The van der Waals surface area contributed by atoms with Gasteiger partial charge in [0, 0.05) is 23.7 Å². The summed E-state index contributed by atoms with van der Waals surface area (Å²) >= 11 is 5.86. The molecule has 0 spiro atoms. The molecule has 1 amide bonds. The highest BCUT2D eigenvalue weighted by molar-refractivity contribution is 6.30. The maximum absolute atomic E-state index is 12.1. The third kappa shape index (κ3) is 4.12. The summed E-state index contributed by atoms with van der Waals surface area (Å²) in [6.07, 6.45) is 0.182. The number of hydrogen-bond donors (Lipinski definition) is 0. The van der Waals surface area contributed by atoms with E-state index < -0.39 is 5.92 Å². The van der Waals surface area contributed by atoms with Gasteiger partial charge in [0.25, 0.3) is 0 Å². The van der Waals surface area contributed by atoms with Gasteiger partial charge in [-0.25, -0.2) is 0 Å². The average molecular weight is 360 g/mol. The minimum absolute atomic E-state index is 0.0785. The van der Waals surface area contributed by atoms with E-state index in [-0.39, 0.29) is 18.3 Å². The molecule has 6 heteroatoms. The zero-order valence-electron chi connectivity index (χ0n) is 13.8. The minimum atomic E-state index is -0.404. The zero-order chi connectivity index (χ0) is 17.8. The largest absolute Gasteiger partial charge is 0.489 e. The van der Waals surface area contributed by atoms with Crippen LogP contribution in [0.4, 0.5) is 5.69 Å². The Morgan fingerprint density at radius 2 is 1.84 bits per heavy atom. The van der Waals surface area contributed by atoms with Crippen molar-refractivity contribution >= 4 is 29.2 Å². The van der Waals surface area contributed by atoms with Gasteiger partial charge in [-0.15, -0.1) is 0 Å². The predicted octanol–water partition coefficient (Wildman–Crippen LogP) is 3.44. The summed E-state index contributed by atoms with van der Waals surface area (Å²) < 4.78 is 10.5. The molecule has 3 rings (SSSR count). The van der Waals surface area contributed by atoms with Gasteiger partial charge >= 0.3 is 5.97 Å². The van der Waals surface area contributed by atoms with Crippen molar-refractivity contribution in [3.63, 3.8) is 0 Å². The van der Waals surface area contributed by atoms with E-state index in [0.29, 0.717) is 23.9 Å². The lowest BCUT2D eigenvalue weighted by Gasteiger charge is -2.17. The third-order valence-corrected chi connectivity index (χ3v) is 4.38. The van der Waals surface area contributed by atoms with E-state index in [1.54, 1.807) is 4.90 Å². The van der Waals surface area contributed by atoms with Gasteiger partial charge in [0.2, 0.25) is 5.91 Å². The average Bonchev–Trinajstić information content (AvgIpc) is 3.03. The molecule has 2 aromatic carbocycles. The van der Waals surface area contributed by atoms with E-state index in [1.165, 1.54) is 7.11 Å². The van der Waals surface area contributed by atoms with Gasteiger partial charge in [0.1, 0.15) is 12.4 Å². The van der Waals surface area contributed by atoms with Crippen LogP contribution in [0, 0.1) is 5.92 Å². The standard InChI is InChI=1S/C19H18ClNO4/c1-24-19(23)14-10-18(22)21(11-14)16-6-8-17(9-7-16)25-12-13-2-4-15(20)5-3-13/h2-9,14H,10-12H2,1H3/t14-/m1/s1. The number of carbonyl (C=O) groups excluding carboxylic acids is 2. The third-order valence-electron chi connectivity index (χ3n) is 4.13. The highest BCUT2D eigenvalue weighted by Crippen LogP contribution is 2.27. The molecule has 1 saturated heterocycles. The monoisotopic (exact) mass is 359 g/mol. The second-order valence-corrected chi connectivity index (χ2v) is 6.27. The Kier molecular flexibility index (Phi) is 5.24. The van der Waals surface area contributed by atoms with E-state index in [4.69, 9.17) is 21.1 Å². The molecule has 0 bridgehead atoms. The molecule has 0 radical (unpaired) electrons. The molecule has 25 heavy (non-hydrogen) atoms. The smallest absolute Gasteiger partial charge is 0.311 e. The van der Waals surface area contributed by atoms with E-state index in [0.717, 1.165) is 11.3 Å². The molecule has 1 fully saturated rings. The van der Waals surface area contributed by atoms with Crippen LogP contribution in [0.3, 0.4) is 0 Å². The Morgan fingerprint density at radius 3 is 2.48 bits per heavy atom. The van der Waals surface area contributed by atoms with E-state index in [9.17, 15) is 9.59 Å². The molecule has 1 aliphatic rings. The second-order valence-electron chi connectivity index (χ2n) is 5.84. The first-order valence-corrected chi connectivity index (χ1v) is 8.30. The summed E-state index contributed by atoms with van der Waals surface area (Å²) in [6, 6.07) is 14.7. The Labute approximate surface area is 151 Å². The van der Waals surface area contributed by atoms with Gasteiger partial charge in [-0.3, -0.25) is 9.59 Å². The maximum atomic E-state index is 12.1. The van der Waals surface area contributed by atoms with Gasteiger partial charge in [-0.1, -0.05) is 23.7 Å². The van der Waals surface area contributed by atoms with Gasteiger partial charge < -0.3 is 14.4 Å². The van der Waals surface area contributed by atoms with Crippen LogP contribution in [0.5, 0.6) is 5.75 Å².